The minimum Gasteiger partial charge on any atom is -0.325 e. The van der Waals surface area contributed by atoms with Crippen LogP contribution in [0.4, 0.5) is 10.5 Å². The van der Waals surface area contributed by atoms with Gasteiger partial charge in [0.2, 0.25) is 5.91 Å². The van der Waals surface area contributed by atoms with Gasteiger partial charge in [0.15, 0.2) is 0 Å². The van der Waals surface area contributed by atoms with Gasteiger partial charge in [-0.15, -0.1) is 0 Å². The molecule has 0 unspecified atom stereocenters. The maximum Gasteiger partial charge on any atom is 0.327 e. The normalized spacial score (nSPS) is 14.6. The zero-order valence-corrected chi connectivity index (χ0v) is 13.0. The Bertz CT molecular complexity index is 569. The average Bonchev–Trinajstić information content (AvgIpc) is 2.73. The standard InChI is InChI=1S/C16H21N3O3/c1-3-4-5-12-6-8-13(9-7-12)17-14(20)10-19-15(21)11-18(2)16(19)22/h6-9H,3-5,10-11H2,1-2H3,(H,17,20). The van der Waals surface area contributed by atoms with Crippen LogP contribution in [-0.2, 0) is 16.0 Å². The molecule has 0 bridgehead atoms. The van der Waals surface area contributed by atoms with E-state index in [9.17, 15) is 14.4 Å². The highest BCUT2D eigenvalue weighted by molar-refractivity contribution is 6.06. The molecule has 0 aromatic heterocycles. The van der Waals surface area contributed by atoms with Gasteiger partial charge in [0.1, 0.15) is 13.1 Å². The van der Waals surface area contributed by atoms with Gasteiger partial charge in [-0.25, -0.2) is 4.79 Å². The van der Waals surface area contributed by atoms with E-state index in [0.717, 1.165) is 24.2 Å². The zero-order valence-electron chi connectivity index (χ0n) is 13.0. The number of likely N-dealkylation sites (N-methyl/N-ethyl adjacent to an activating group) is 1. The number of carbonyl (C=O) groups is 3. The molecular formula is C16H21N3O3. The summed E-state index contributed by atoms with van der Waals surface area (Å²) in [4.78, 5) is 37.5. The van der Waals surface area contributed by atoms with Crippen LogP contribution < -0.4 is 5.32 Å². The van der Waals surface area contributed by atoms with Crippen molar-refractivity contribution >= 4 is 23.5 Å². The van der Waals surface area contributed by atoms with Crippen LogP contribution in [0.2, 0.25) is 0 Å². The van der Waals surface area contributed by atoms with Crippen molar-refractivity contribution in [2.45, 2.75) is 26.2 Å². The second kappa shape index (κ2) is 7.06. The quantitative estimate of drug-likeness (QED) is 0.816. The molecule has 0 aliphatic carbocycles. The molecule has 1 saturated heterocycles. The molecule has 6 heteroatoms. The summed E-state index contributed by atoms with van der Waals surface area (Å²) in [5.74, 6) is -0.726. The minimum absolute atomic E-state index is 0.0260. The summed E-state index contributed by atoms with van der Waals surface area (Å²) in [7, 11) is 1.53. The van der Waals surface area contributed by atoms with Crippen molar-refractivity contribution < 1.29 is 14.4 Å². The van der Waals surface area contributed by atoms with Crippen LogP contribution in [0.5, 0.6) is 0 Å². The summed E-state index contributed by atoms with van der Waals surface area (Å²) in [6.07, 6.45) is 3.30. The van der Waals surface area contributed by atoms with Crippen LogP contribution >= 0.6 is 0 Å². The molecule has 0 spiro atoms. The van der Waals surface area contributed by atoms with Gasteiger partial charge >= 0.3 is 6.03 Å². The first-order valence-electron chi connectivity index (χ1n) is 7.45. The molecule has 1 aliphatic heterocycles. The molecule has 1 aliphatic rings. The summed E-state index contributed by atoms with van der Waals surface area (Å²) in [6.45, 7) is 1.92. The topological polar surface area (TPSA) is 69.7 Å². The molecule has 1 heterocycles. The van der Waals surface area contributed by atoms with Crippen LogP contribution in [0.25, 0.3) is 0 Å². The third kappa shape index (κ3) is 3.84. The van der Waals surface area contributed by atoms with Crippen molar-refractivity contribution in [3.05, 3.63) is 29.8 Å². The van der Waals surface area contributed by atoms with Crippen LogP contribution in [0.15, 0.2) is 24.3 Å². The fraction of sp³-hybridized carbons (Fsp3) is 0.438. The molecule has 4 amide bonds. The maximum atomic E-state index is 11.9. The van der Waals surface area contributed by atoms with Crippen molar-refractivity contribution in [3.63, 3.8) is 0 Å². The summed E-state index contributed by atoms with van der Waals surface area (Å²) < 4.78 is 0. The number of imide groups is 1. The monoisotopic (exact) mass is 303 g/mol. The van der Waals surface area contributed by atoms with Crippen molar-refractivity contribution in [2.24, 2.45) is 0 Å². The Hall–Kier alpha value is -2.37. The fourth-order valence-corrected chi connectivity index (χ4v) is 2.30. The predicted octanol–water partition coefficient (Wildman–Crippen LogP) is 1.86. The zero-order chi connectivity index (χ0) is 16.1. The number of benzene rings is 1. The number of aryl methyl sites for hydroxylation is 1. The highest BCUT2D eigenvalue weighted by atomic mass is 16.2. The summed E-state index contributed by atoms with van der Waals surface area (Å²) in [5.41, 5.74) is 1.89. The molecule has 22 heavy (non-hydrogen) atoms. The predicted molar refractivity (Wildman–Crippen MR) is 83.4 cm³/mol. The van der Waals surface area contributed by atoms with E-state index < -0.39 is 6.03 Å². The molecule has 2 rings (SSSR count). The highest BCUT2D eigenvalue weighted by Crippen LogP contribution is 2.13. The van der Waals surface area contributed by atoms with Gasteiger partial charge in [-0.05, 0) is 30.5 Å². The van der Waals surface area contributed by atoms with E-state index >= 15 is 0 Å². The molecule has 1 aromatic carbocycles. The first kappa shape index (κ1) is 16.0. The lowest BCUT2D eigenvalue weighted by molar-refractivity contribution is -0.129. The molecule has 1 aromatic rings. The second-order valence-corrected chi connectivity index (χ2v) is 5.47. The number of carbonyl (C=O) groups excluding carboxylic acids is 3. The lowest BCUT2D eigenvalue weighted by Gasteiger charge is -2.14. The Morgan fingerprint density at radius 3 is 2.45 bits per heavy atom. The van der Waals surface area contributed by atoms with E-state index in [1.54, 1.807) is 0 Å². The minimum atomic E-state index is -0.435. The third-order valence-electron chi connectivity index (χ3n) is 3.59. The molecule has 1 fully saturated rings. The van der Waals surface area contributed by atoms with E-state index in [2.05, 4.69) is 12.2 Å². The van der Waals surface area contributed by atoms with Gasteiger partial charge < -0.3 is 10.2 Å². The number of nitrogens with zero attached hydrogens (tertiary/aromatic N) is 2. The second-order valence-electron chi connectivity index (χ2n) is 5.47. The van der Waals surface area contributed by atoms with Gasteiger partial charge in [0.25, 0.3) is 5.91 Å². The molecular weight excluding hydrogens is 282 g/mol. The number of urea groups is 1. The van der Waals surface area contributed by atoms with E-state index in [1.165, 1.54) is 17.5 Å². The third-order valence-corrected chi connectivity index (χ3v) is 3.59. The SMILES string of the molecule is CCCCc1ccc(NC(=O)CN2C(=O)CN(C)C2=O)cc1. The Morgan fingerprint density at radius 1 is 1.23 bits per heavy atom. The highest BCUT2D eigenvalue weighted by Gasteiger charge is 2.34. The fourth-order valence-electron chi connectivity index (χ4n) is 2.30. The number of amides is 4. The van der Waals surface area contributed by atoms with Crippen LogP contribution in [0.3, 0.4) is 0 Å². The van der Waals surface area contributed by atoms with Crippen LogP contribution in [-0.4, -0.2) is 47.8 Å². The van der Waals surface area contributed by atoms with Crippen molar-refractivity contribution in [2.75, 3.05) is 25.5 Å². The molecule has 0 atom stereocenters. The van der Waals surface area contributed by atoms with E-state index in [0.29, 0.717) is 5.69 Å². The molecule has 118 valence electrons. The van der Waals surface area contributed by atoms with Gasteiger partial charge in [0, 0.05) is 12.7 Å². The first-order chi connectivity index (χ1) is 10.5. The Labute approximate surface area is 130 Å². The Kier molecular flexibility index (Phi) is 5.14. The molecule has 0 saturated carbocycles. The number of anilines is 1. The Balaban J connectivity index is 1.89. The first-order valence-corrected chi connectivity index (χ1v) is 7.45. The van der Waals surface area contributed by atoms with Crippen LogP contribution in [0, 0.1) is 0 Å². The molecule has 1 N–H and O–H groups in total. The number of nitrogens with one attached hydrogen (secondary N) is 1. The van der Waals surface area contributed by atoms with Gasteiger partial charge in [-0.3, -0.25) is 14.5 Å². The van der Waals surface area contributed by atoms with E-state index in [1.807, 2.05) is 24.3 Å². The summed E-state index contributed by atoms with van der Waals surface area (Å²) in [5, 5.41) is 2.70. The van der Waals surface area contributed by atoms with E-state index in [-0.39, 0.29) is 24.9 Å². The van der Waals surface area contributed by atoms with E-state index in [4.69, 9.17) is 0 Å². The lowest BCUT2D eigenvalue weighted by Crippen LogP contribution is -2.38. The number of unbranched alkanes of at least 4 members (excludes halogenated alkanes) is 1. The number of hydrogen-bond donors (Lipinski definition) is 1. The van der Waals surface area contributed by atoms with Gasteiger partial charge in [-0.2, -0.15) is 0 Å². The summed E-state index contributed by atoms with van der Waals surface area (Å²) in [6, 6.07) is 7.19. The number of rotatable bonds is 6. The average molecular weight is 303 g/mol. The maximum absolute atomic E-state index is 11.9. The van der Waals surface area contributed by atoms with Crippen molar-refractivity contribution in [3.8, 4) is 0 Å². The largest absolute Gasteiger partial charge is 0.327 e. The van der Waals surface area contributed by atoms with Crippen molar-refractivity contribution in [1.82, 2.24) is 9.80 Å². The smallest absolute Gasteiger partial charge is 0.325 e. The lowest BCUT2D eigenvalue weighted by atomic mass is 10.1. The Morgan fingerprint density at radius 2 is 1.91 bits per heavy atom. The van der Waals surface area contributed by atoms with Crippen molar-refractivity contribution in [1.29, 1.82) is 0 Å². The molecule has 6 nitrogen and oxygen atoms in total. The number of hydrogen-bond acceptors (Lipinski definition) is 3. The molecule has 0 radical (unpaired) electrons. The van der Waals surface area contributed by atoms with Gasteiger partial charge in [0.05, 0.1) is 0 Å². The van der Waals surface area contributed by atoms with Crippen LogP contribution in [0.1, 0.15) is 25.3 Å². The van der Waals surface area contributed by atoms with Gasteiger partial charge in [-0.1, -0.05) is 25.5 Å². The summed E-state index contributed by atoms with van der Waals surface area (Å²) >= 11 is 0.